The third kappa shape index (κ3) is 3.25. The van der Waals surface area contributed by atoms with Gasteiger partial charge in [-0.2, -0.15) is 16.8 Å². The summed E-state index contributed by atoms with van der Waals surface area (Å²) in [6, 6.07) is 4.68. The summed E-state index contributed by atoms with van der Waals surface area (Å²) in [5.41, 5.74) is 0.933. The average Bonchev–Trinajstić information content (AvgIpc) is 2.72. The standard InChI is InChI=1S/C13H15FN2OS2/c1-3-12(17)15-13-16(6-7-18-2)10-5-4-9(14)8-11(10)19-13/h4-5,8H,3,6-7H2,1-2H3. The van der Waals surface area contributed by atoms with E-state index in [1.165, 1.54) is 23.5 Å². The molecule has 0 radical (unpaired) electrons. The van der Waals surface area contributed by atoms with Crippen LogP contribution < -0.4 is 4.80 Å². The Labute approximate surface area is 119 Å². The zero-order chi connectivity index (χ0) is 13.8. The number of thioether (sulfide) groups is 1. The van der Waals surface area contributed by atoms with Crippen molar-refractivity contribution in [2.45, 2.75) is 19.9 Å². The molecule has 0 unspecified atom stereocenters. The molecule has 0 atom stereocenters. The maximum absolute atomic E-state index is 13.3. The Morgan fingerprint density at radius 1 is 1.53 bits per heavy atom. The third-order valence-electron chi connectivity index (χ3n) is 2.69. The Balaban J connectivity index is 2.60. The molecule has 0 aliphatic rings. The summed E-state index contributed by atoms with van der Waals surface area (Å²) in [5.74, 6) is 0.514. The van der Waals surface area contributed by atoms with Crippen LogP contribution in [-0.4, -0.2) is 22.5 Å². The summed E-state index contributed by atoms with van der Waals surface area (Å²) < 4.78 is 16.1. The van der Waals surface area contributed by atoms with Gasteiger partial charge in [0.15, 0.2) is 4.80 Å². The number of rotatable bonds is 4. The van der Waals surface area contributed by atoms with Crippen LogP contribution in [-0.2, 0) is 11.3 Å². The smallest absolute Gasteiger partial charge is 0.248 e. The Kier molecular flexibility index (Phi) is 4.76. The van der Waals surface area contributed by atoms with E-state index in [1.54, 1.807) is 24.8 Å². The number of aryl methyl sites for hydroxylation is 1. The van der Waals surface area contributed by atoms with E-state index in [0.29, 0.717) is 11.2 Å². The highest BCUT2D eigenvalue weighted by molar-refractivity contribution is 7.98. The van der Waals surface area contributed by atoms with Crippen LogP contribution >= 0.6 is 23.1 Å². The van der Waals surface area contributed by atoms with Crippen LogP contribution in [0.3, 0.4) is 0 Å². The minimum Gasteiger partial charge on any atom is -0.316 e. The molecular weight excluding hydrogens is 283 g/mol. The maximum atomic E-state index is 13.3. The minimum absolute atomic E-state index is 0.148. The van der Waals surface area contributed by atoms with Gasteiger partial charge in [-0.05, 0) is 24.5 Å². The Morgan fingerprint density at radius 2 is 2.32 bits per heavy atom. The molecule has 1 amide bonds. The first-order valence-electron chi connectivity index (χ1n) is 6.01. The number of nitrogens with zero attached hydrogens (tertiary/aromatic N) is 2. The van der Waals surface area contributed by atoms with Crippen LogP contribution in [0.1, 0.15) is 13.3 Å². The van der Waals surface area contributed by atoms with Gasteiger partial charge in [0.2, 0.25) is 5.91 Å². The van der Waals surface area contributed by atoms with Gasteiger partial charge in [-0.25, -0.2) is 4.39 Å². The van der Waals surface area contributed by atoms with Gasteiger partial charge >= 0.3 is 0 Å². The van der Waals surface area contributed by atoms with E-state index < -0.39 is 0 Å². The number of aromatic nitrogens is 1. The van der Waals surface area contributed by atoms with E-state index in [4.69, 9.17) is 0 Å². The number of hydrogen-bond acceptors (Lipinski definition) is 3. The molecule has 0 saturated carbocycles. The van der Waals surface area contributed by atoms with E-state index in [0.717, 1.165) is 22.5 Å². The largest absolute Gasteiger partial charge is 0.316 e. The van der Waals surface area contributed by atoms with E-state index >= 15 is 0 Å². The van der Waals surface area contributed by atoms with Crippen molar-refractivity contribution in [3.63, 3.8) is 0 Å². The molecule has 1 aromatic carbocycles. The molecule has 19 heavy (non-hydrogen) atoms. The molecular formula is C13H15FN2OS2. The Hall–Kier alpha value is -1.14. The van der Waals surface area contributed by atoms with Crippen LogP contribution in [0.5, 0.6) is 0 Å². The first-order valence-corrected chi connectivity index (χ1v) is 8.22. The predicted octanol–water partition coefficient (Wildman–Crippen LogP) is 3.04. The van der Waals surface area contributed by atoms with E-state index in [-0.39, 0.29) is 11.7 Å². The topological polar surface area (TPSA) is 34.4 Å². The first kappa shape index (κ1) is 14.3. The van der Waals surface area contributed by atoms with Gasteiger partial charge < -0.3 is 4.57 Å². The quantitative estimate of drug-likeness (QED) is 0.869. The van der Waals surface area contributed by atoms with Crippen LogP contribution in [0.2, 0.25) is 0 Å². The molecule has 0 N–H and O–H groups in total. The average molecular weight is 298 g/mol. The normalized spacial score (nSPS) is 12.3. The highest BCUT2D eigenvalue weighted by Gasteiger charge is 2.08. The van der Waals surface area contributed by atoms with Gasteiger partial charge in [-0.1, -0.05) is 18.3 Å². The van der Waals surface area contributed by atoms with E-state index in [9.17, 15) is 9.18 Å². The van der Waals surface area contributed by atoms with Crippen LogP contribution in [0.25, 0.3) is 10.2 Å². The van der Waals surface area contributed by atoms with Gasteiger partial charge in [0.25, 0.3) is 0 Å². The highest BCUT2D eigenvalue weighted by Crippen LogP contribution is 2.19. The van der Waals surface area contributed by atoms with Crippen LogP contribution in [0.4, 0.5) is 4.39 Å². The second-order valence-corrected chi connectivity index (χ2v) is 5.99. The third-order valence-corrected chi connectivity index (χ3v) is 4.32. The lowest BCUT2D eigenvalue weighted by atomic mass is 10.3. The Bertz CT molecular complexity index is 660. The number of carbonyl (C=O) groups excluding carboxylic acids is 1. The zero-order valence-electron chi connectivity index (χ0n) is 10.9. The first-order chi connectivity index (χ1) is 9.15. The molecule has 0 aliphatic carbocycles. The fraction of sp³-hybridized carbons (Fsp3) is 0.385. The fourth-order valence-corrected chi connectivity index (χ4v) is 3.18. The minimum atomic E-state index is -0.265. The SMILES string of the molecule is CCC(=O)N=c1sc2cc(F)ccc2n1CCSC. The van der Waals surface area contributed by atoms with E-state index in [2.05, 4.69) is 4.99 Å². The maximum Gasteiger partial charge on any atom is 0.248 e. The van der Waals surface area contributed by atoms with Gasteiger partial charge in [0.05, 0.1) is 10.2 Å². The number of halogens is 1. The Morgan fingerprint density at radius 3 is 3.00 bits per heavy atom. The molecule has 1 aromatic heterocycles. The van der Waals surface area contributed by atoms with Gasteiger partial charge in [-0.3, -0.25) is 4.79 Å². The van der Waals surface area contributed by atoms with Crippen molar-refractivity contribution in [1.82, 2.24) is 4.57 Å². The lowest BCUT2D eigenvalue weighted by molar-refractivity contribution is -0.117. The second-order valence-electron chi connectivity index (χ2n) is 4.00. The fourth-order valence-electron chi connectivity index (χ4n) is 1.72. The molecule has 3 nitrogen and oxygen atoms in total. The number of fused-ring (bicyclic) bond motifs is 1. The summed E-state index contributed by atoms with van der Waals surface area (Å²) in [6.45, 7) is 2.55. The summed E-state index contributed by atoms with van der Waals surface area (Å²) in [6.07, 6.45) is 2.41. The highest BCUT2D eigenvalue weighted by atomic mass is 32.2. The van der Waals surface area contributed by atoms with Gasteiger partial charge in [0, 0.05) is 18.7 Å². The summed E-state index contributed by atoms with van der Waals surface area (Å²) in [5, 5.41) is 0. The van der Waals surface area contributed by atoms with Crippen molar-refractivity contribution in [3.8, 4) is 0 Å². The lowest BCUT2D eigenvalue weighted by Gasteiger charge is -2.03. The summed E-state index contributed by atoms with van der Waals surface area (Å²) in [7, 11) is 0. The number of benzene rings is 1. The molecule has 2 rings (SSSR count). The van der Waals surface area contributed by atoms with Crippen molar-refractivity contribution in [2.75, 3.05) is 12.0 Å². The van der Waals surface area contributed by atoms with Crippen LogP contribution in [0, 0.1) is 5.82 Å². The molecule has 2 aromatic rings. The van der Waals surface area contributed by atoms with E-state index in [1.807, 2.05) is 10.8 Å². The molecule has 6 heteroatoms. The van der Waals surface area contributed by atoms with Crippen LogP contribution in [0.15, 0.2) is 23.2 Å². The monoisotopic (exact) mass is 298 g/mol. The van der Waals surface area contributed by atoms with Crippen molar-refractivity contribution in [3.05, 3.63) is 28.8 Å². The molecule has 102 valence electrons. The second kappa shape index (κ2) is 6.34. The van der Waals surface area contributed by atoms with Crippen molar-refractivity contribution in [2.24, 2.45) is 4.99 Å². The molecule has 0 saturated heterocycles. The van der Waals surface area contributed by atoms with Crippen molar-refractivity contribution in [1.29, 1.82) is 0 Å². The van der Waals surface area contributed by atoms with Gasteiger partial charge in [0.1, 0.15) is 5.82 Å². The summed E-state index contributed by atoms with van der Waals surface area (Å²) in [4.78, 5) is 16.3. The number of amides is 1. The molecule has 0 aliphatic heterocycles. The number of thiazole rings is 1. The zero-order valence-corrected chi connectivity index (χ0v) is 12.5. The van der Waals surface area contributed by atoms with Gasteiger partial charge in [-0.15, -0.1) is 0 Å². The number of carbonyl (C=O) groups is 1. The lowest BCUT2D eigenvalue weighted by Crippen LogP contribution is -2.17. The molecule has 0 fully saturated rings. The predicted molar refractivity (Wildman–Crippen MR) is 79.0 cm³/mol. The van der Waals surface area contributed by atoms with Crippen molar-refractivity contribution < 1.29 is 9.18 Å². The summed E-state index contributed by atoms with van der Waals surface area (Å²) >= 11 is 3.09. The molecule has 0 bridgehead atoms. The number of hydrogen-bond donors (Lipinski definition) is 0. The van der Waals surface area contributed by atoms with Crippen molar-refractivity contribution >= 4 is 39.2 Å². The molecule has 1 heterocycles. The molecule has 0 spiro atoms.